The average molecular weight is 753 g/mol. The highest BCUT2D eigenvalue weighted by molar-refractivity contribution is 6.23. The van der Waals surface area contributed by atoms with Gasteiger partial charge in [-0.3, -0.25) is 4.57 Å². The van der Waals surface area contributed by atoms with Gasteiger partial charge in [-0.15, -0.1) is 0 Å². The molecule has 0 saturated heterocycles. The number of rotatable bonds is 3. The summed E-state index contributed by atoms with van der Waals surface area (Å²) in [6.45, 7) is 4.66. The molecule has 0 N–H and O–H groups in total. The van der Waals surface area contributed by atoms with Crippen LogP contribution in [-0.2, 0) is 5.41 Å². The van der Waals surface area contributed by atoms with Crippen molar-refractivity contribution in [2.75, 3.05) is 0 Å². The van der Waals surface area contributed by atoms with E-state index in [1.54, 1.807) is 0 Å². The molecular weight excluding hydrogens is 717 g/mol. The Balaban J connectivity index is 1.15. The highest BCUT2D eigenvalue weighted by Crippen LogP contribution is 2.50. The molecule has 276 valence electrons. The summed E-state index contributed by atoms with van der Waals surface area (Å²) < 4.78 is 4.81. The van der Waals surface area contributed by atoms with Crippen LogP contribution in [0.25, 0.3) is 110 Å². The van der Waals surface area contributed by atoms with E-state index in [4.69, 9.17) is 9.97 Å². The van der Waals surface area contributed by atoms with Gasteiger partial charge in [0.25, 0.3) is 0 Å². The van der Waals surface area contributed by atoms with Crippen molar-refractivity contribution in [2.45, 2.75) is 19.3 Å². The van der Waals surface area contributed by atoms with Gasteiger partial charge >= 0.3 is 0 Å². The van der Waals surface area contributed by atoms with Gasteiger partial charge in [0.2, 0.25) is 0 Å². The average Bonchev–Trinajstić information content (AvgIpc) is 3.89. The molecule has 9 aromatic carbocycles. The number of hydrogen-bond donors (Lipinski definition) is 0. The number of hydrogen-bond acceptors (Lipinski definition) is 2. The summed E-state index contributed by atoms with van der Waals surface area (Å²) in [5.41, 5.74) is 14.4. The fourth-order valence-electron chi connectivity index (χ4n) is 10.4. The van der Waals surface area contributed by atoms with Crippen molar-refractivity contribution < 1.29 is 0 Å². The number of aromatic nitrogens is 4. The molecule has 0 spiro atoms. The molecule has 0 amide bonds. The minimum Gasteiger partial charge on any atom is -0.309 e. The normalized spacial score (nSPS) is 13.4. The van der Waals surface area contributed by atoms with Crippen LogP contribution < -0.4 is 0 Å². The lowest BCUT2D eigenvalue weighted by Gasteiger charge is -2.21. The third-order valence-corrected chi connectivity index (χ3v) is 13.1. The Bertz CT molecular complexity index is 3770. The van der Waals surface area contributed by atoms with E-state index in [-0.39, 0.29) is 5.41 Å². The van der Waals surface area contributed by atoms with Gasteiger partial charge in [-0.05, 0) is 92.3 Å². The number of benzene rings is 9. The molecule has 4 nitrogen and oxygen atoms in total. The first kappa shape index (κ1) is 32.5. The highest BCUT2D eigenvalue weighted by Gasteiger charge is 2.35. The summed E-state index contributed by atoms with van der Waals surface area (Å²) in [6, 6.07) is 66.3. The molecule has 0 radical (unpaired) electrons. The summed E-state index contributed by atoms with van der Waals surface area (Å²) in [7, 11) is 0. The van der Waals surface area contributed by atoms with E-state index in [0.717, 1.165) is 44.8 Å². The third-order valence-electron chi connectivity index (χ3n) is 13.1. The topological polar surface area (TPSA) is 35.6 Å². The van der Waals surface area contributed by atoms with Gasteiger partial charge in [0, 0.05) is 38.2 Å². The van der Waals surface area contributed by atoms with E-state index < -0.39 is 0 Å². The fraction of sp³-hybridized carbons (Fsp3) is 0.0545. The third kappa shape index (κ3) is 4.43. The van der Waals surface area contributed by atoms with Crippen LogP contribution in [0.1, 0.15) is 25.0 Å². The van der Waals surface area contributed by atoms with E-state index in [0.29, 0.717) is 0 Å². The monoisotopic (exact) mass is 752 g/mol. The lowest BCUT2D eigenvalue weighted by atomic mass is 9.82. The van der Waals surface area contributed by atoms with Crippen LogP contribution in [0.4, 0.5) is 0 Å². The zero-order valence-electron chi connectivity index (χ0n) is 32.6. The first-order valence-electron chi connectivity index (χ1n) is 20.4. The summed E-state index contributed by atoms with van der Waals surface area (Å²) in [5.74, 6) is 0.815. The standard InChI is InChI=1S/C55H36N4/c1-55(2)43-19-9-7-17-39(43)42-31-35(23-28-44(42)55)53-54(57-46-21-11-10-20-45(46)56-53)59-49-30-25-34-14-4-6-16-38(34)52(49)41-27-26-36(32-50(41)59)58-47-22-12-8-18-40(47)51-37-15-5-3-13-33(37)24-29-48(51)58/h3-32H,1-2H3. The largest absolute Gasteiger partial charge is 0.309 e. The predicted molar refractivity (Wildman–Crippen MR) is 246 cm³/mol. The maximum absolute atomic E-state index is 5.56. The van der Waals surface area contributed by atoms with Crippen molar-refractivity contribution in [3.05, 3.63) is 193 Å². The molecule has 0 fully saturated rings. The SMILES string of the molecule is CC1(C)c2ccccc2-c2cc(-c3nc4ccccc4nc3-n3c4cc(-n5c6ccccc6c6c7ccccc7ccc65)ccc4c4c5ccccc5ccc43)ccc21. The lowest BCUT2D eigenvalue weighted by Crippen LogP contribution is -2.14. The van der Waals surface area contributed by atoms with Crippen LogP contribution in [-0.4, -0.2) is 19.1 Å². The molecule has 3 aromatic heterocycles. The lowest BCUT2D eigenvalue weighted by molar-refractivity contribution is 0.660. The van der Waals surface area contributed by atoms with E-state index in [1.165, 1.54) is 76.4 Å². The van der Waals surface area contributed by atoms with Crippen molar-refractivity contribution in [2.24, 2.45) is 0 Å². The van der Waals surface area contributed by atoms with Crippen molar-refractivity contribution in [1.29, 1.82) is 0 Å². The summed E-state index contributed by atoms with van der Waals surface area (Å²) in [6.07, 6.45) is 0. The van der Waals surface area contributed by atoms with Crippen LogP contribution >= 0.6 is 0 Å². The molecule has 13 rings (SSSR count). The van der Waals surface area contributed by atoms with Crippen molar-refractivity contribution >= 4 is 76.2 Å². The molecular formula is C55H36N4. The molecule has 4 heteroatoms. The molecule has 0 saturated carbocycles. The van der Waals surface area contributed by atoms with Crippen LogP contribution in [0.3, 0.4) is 0 Å². The van der Waals surface area contributed by atoms with E-state index in [1.807, 2.05) is 0 Å². The maximum Gasteiger partial charge on any atom is 0.165 e. The molecule has 1 aliphatic rings. The van der Waals surface area contributed by atoms with Gasteiger partial charge in [0.1, 0.15) is 5.69 Å². The minimum atomic E-state index is -0.0915. The van der Waals surface area contributed by atoms with Crippen molar-refractivity contribution in [3.63, 3.8) is 0 Å². The van der Waals surface area contributed by atoms with Gasteiger partial charge in [-0.1, -0.05) is 147 Å². The first-order valence-corrected chi connectivity index (χ1v) is 20.4. The number of fused-ring (bicyclic) bond motifs is 14. The Morgan fingerprint density at radius 1 is 0.407 bits per heavy atom. The first-order chi connectivity index (χ1) is 29.0. The summed E-state index contributed by atoms with van der Waals surface area (Å²) in [5, 5.41) is 9.84. The van der Waals surface area contributed by atoms with Crippen LogP contribution in [0.2, 0.25) is 0 Å². The maximum atomic E-state index is 5.56. The Kier molecular flexibility index (Phi) is 6.48. The molecule has 3 heterocycles. The summed E-state index contributed by atoms with van der Waals surface area (Å²) >= 11 is 0. The molecule has 12 aromatic rings. The Hall–Kier alpha value is -7.56. The molecule has 59 heavy (non-hydrogen) atoms. The van der Waals surface area contributed by atoms with Crippen LogP contribution in [0.15, 0.2) is 182 Å². The minimum absolute atomic E-state index is 0.0915. The smallest absolute Gasteiger partial charge is 0.165 e. The van der Waals surface area contributed by atoms with E-state index >= 15 is 0 Å². The second-order valence-corrected chi connectivity index (χ2v) is 16.6. The zero-order chi connectivity index (χ0) is 39.0. The second kappa shape index (κ2) is 11.7. The van der Waals surface area contributed by atoms with Gasteiger partial charge in [-0.25, -0.2) is 9.97 Å². The highest BCUT2D eigenvalue weighted by atomic mass is 15.1. The zero-order valence-corrected chi connectivity index (χ0v) is 32.6. The quantitative estimate of drug-likeness (QED) is 0.180. The molecule has 0 unspecified atom stereocenters. The van der Waals surface area contributed by atoms with E-state index in [9.17, 15) is 0 Å². The summed E-state index contributed by atoms with van der Waals surface area (Å²) in [4.78, 5) is 11.1. The van der Waals surface area contributed by atoms with Gasteiger partial charge < -0.3 is 4.57 Å². The predicted octanol–water partition coefficient (Wildman–Crippen LogP) is 14.1. The fourth-order valence-corrected chi connectivity index (χ4v) is 10.4. The molecule has 0 aliphatic heterocycles. The van der Waals surface area contributed by atoms with Crippen molar-refractivity contribution in [1.82, 2.24) is 19.1 Å². The second-order valence-electron chi connectivity index (χ2n) is 16.6. The Morgan fingerprint density at radius 3 is 1.76 bits per heavy atom. The van der Waals surface area contributed by atoms with Crippen molar-refractivity contribution in [3.8, 4) is 33.9 Å². The Labute approximate surface area is 340 Å². The van der Waals surface area contributed by atoms with Crippen LogP contribution in [0, 0.1) is 0 Å². The van der Waals surface area contributed by atoms with Gasteiger partial charge in [0.15, 0.2) is 5.82 Å². The molecule has 1 aliphatic carbocycles. The van der Waals surface area contributed by atoms with Gasteiger partial charge in [-0.2, -0.15) is 0 Å². The number of para-hydroxylation sites is 3. The number of nitrogens with zero attached hydrogens (tertiary/aromatic N) is 4. The molecule has 0 atom stereocenters. The van der Waals surface area contributed by atoms with E-state index in [2.05, 4.69) is 205 Å². The molecule has 0 bridgehead atoms. The van der Waals surface area contributed by atoms with Crippen LogP contribution in [0.5, 0.6) is 0 Å². The Morgan fingerprint density at radius 2 is 1.00 bits per heavy atom. The van der Waals surface area contributed by atoms with Gasteiger partial charge in [0.05, 0.1) is 33.1 Å².